The highest BCUT2D eigenvalue weighted by atomic mass is 32.0. The molecule has 0 aromatic heterocycles. The molecule has 0 aliphatic heterocycles. The van der Waals surface area contributed by atoms with Crippen LogP contribution in [0.25, 0.3) is 0 Å². The molecular weight excluding hydrogens is 221 g/mol. The third-order valence-electron chi connectivity index (χ3n) is 1.99. The molecule has 2 atom stereocenters. The molecule has 2 unspecified atom stereocenters. The zero-order valence-electron chi connectivity index (χ0n) is 7.95. The van der Waals surface area contributed by atoms with E-state index in [1.165, 1.54) is 0 Å². The van der Waals surface area contributed by atoms with Crippen molar-refractivity contribution in [1.82, 2.24) is 0 Å². The van der Waals surface area contributed by atoms with Crippen molar-refractivity contribution in [3.63, 3.8) is 0 Å². The summed E-state index contributed by atoms with van der Waals surface area (Å²) in [6.45, 7) is 3.71. The molecule has 0 bridgehead atoms. The van der Waals surface area contributed by atoms with Crippen LogP contribution >= 0.6 is 17.1 Å². The lowest BCUT2D eigenvalue weighted by molar-refractivity contribution is 0.0750. The van der Waals surface area contributed by atoms with Crippen LogP contribution in [0.2, 0.25) is 0 Å². The van der Waals surface area contributed by atoms with E-state index in [0.29, 0.717) is 5.56 Å². The van der Waals surface area contributed by atoms with Crippen LogP contribution in [-0.2, 0) is 4.52 Å². The Kier molecular flexibility index (Phi) is 3.97. The second-order valence-electron chi connectivity index (χ2n) is 2.90. The number of carbonyl (C=O) groups excluding carboxylic acids is 1. The van der Waals surface area contributed by atoms with Gasteiger partial charge in [-0.05, 0) is 40.0 Å². The summed E-state index contributed by atoms with van der Waals surface area (Å²) >= 11 is 0. The smallest absolute Gasteiger partial charge is 0.343 e. The fourth-order valence-corrected chi connectivity index (χ4v) is 1.64. The first kappa shape index (κ1) is 11.6. The van der Waals surface area contributed by atoms with Gasteiger partial charge in [-0.25, -0.2) is 4.79 Å². The summed E-state index contributed by atoms with van der Waals surface area (Å²) in [6.07, 6.45) is 0. The molecule has 14 heavy (non-hydrogen) atoms. The summed E-state index contributed by atoms with van der Waals surface area (Å²) in [4.78, 5) is 11.4. The molecule has 1 aromatic rings. The van der Waals surface area contributed by atoms with E-state index in [9.17, 15) is 8.99 Å². The van der Waals surface area contributed by atoms with Gasteiger partial charge in [0.2, 0.25) is 0 Å². The topological polar surface area (TPSA) is 26.3 Å². The predicted octanol–water partition coefficient (Wildman–Crippen LogP) is 3.53. The Labute approximate surface area is 85.9 Å². The van der Waals surface area contributed by atoms with Gasteiger partial charge in [0, 0.05) is 0 Å². The summed E-state index contributed by atoms with van der Waals surface area (Å²) in [6, 6.07) is 5.28. The summed E-state index contributed by atoms with van der Waals surface area (Å²) < 4.78 is 16.9. The largest absolute Gasteiger partial charge is 0.406 e. The van der Waals surface area contributed by atoms with Gasteiger partial charge in [0.25, 0.3) is 8.15 Å². The average molecular weight is 232 g/mol. The highest BCUT2D eigenvalue weighted by Crippen LogP contribution is 2.47. The van der Waals surface area contributed by atoms with Crippen molar-refractivity contribution in [2.24, 2.45) is 0 Å². The van der Waals surface area contributed by atoms with Gasteiger partial charge in [-0.15, -0.1) is 0 Å². The monoisotopic (exact) mass is 232 g/mol. The molecule has 0 heterocycles. The van der Waals surface area contributed by atoms with E-state index in [1.807, 2.05) is 28.8 Å². The maximum atomic E-state index is 12.5. The zero-order valence-corrected chi connectivity index (χ0v) is 10.0. The van der Waals surface area contributed by atoms with E-state index in [2.05, 4.69) is 4.52 Å². The SMILES string of the molecule is Cc1cccc(C(=O)OP(F)P)c1C. The molecule has 1 rings (SSSR count). The van der Waals surface area contributed by atoms with E-state index in [1.54, 1.807) is 12.1 Å². The van der Waals surface area contributed by atoms with E-state index >= 15 is 0 Å². The molecule has 2 nitrogen and oxygen atoms in total. The Morgan fingerprint density at radius 3 is 2.71 bits per heavy atom. The van der Waals surface area contributed by atoms with Gasteiger partial charge in [-0.3, -0.25) is 0 Å². The Morgan fingerprint density at radius 2 is 2.14 bits per heavy atom. The second kappa shape index (κ2) is 4.82. The number of rotatable bonds is 2. The predicted molar refractivity (Wildman–Crippen MR) is 59.1 cm³/mol. The first-order chi connectivity index (χ1) is 6.52. The molecule has 1 aromatic carbocycles. The quantitative estimate of drug-likeness (QED) is 0.729. The Bertz CT molecular complexity index is 353. The first-order valence-electron chi connectivity index (χ1n) is 4.01. The first-order valence-corrected chi connectivity index (χ1v) is 6.78. The minimum Gasteiger partial charge on any atom is -0.406 e. The van der Waals surface area contributed by atoms with Gasteiger partial charge in [0.15, 0.2) is 0 Å². The zero-order chi connectivity index (χ0) is 10.7. The van der Waals surface area contributed by atoms with Crippen LogP contribution in [0.15, 0.2) is 18.2 Å². The molecule has 76 valence electrons. The van der Waals surface area contributed by atoms with Crippen molar-refractivity contribution in [3.05, 3.63) is 34.9 Å². The highest BCUT2D eigenvalue weighted by Gasteiger charge is 2.14. The molecular formula is C9H11FO2P2. The fourth-order valence-electron chi connectivity index (χ4n) is 1.10. The molecule has 0 aliphatic rings. The molecule has 0 fully saturated rings. The number of benzene rings is 1. The normalized spacial score (nSPS) is 12.3. The van der Waals surface area contributed by atoms with Crippen molar-refractivity contribution in [3.8, 4) is 0 Å². The van der Waals surface area contributed by atoms with E-state index in [0.717, 1.165) is 11.1 Å². The number of aryl methyl sites for hydroxylation is 1. The molecule has 0 saturated carbocycles. The molecule has 0 amide bonds. The number of carbonyl (C=O) groups is 1. The molecule has 0 spiro atoms. The maximum absolute atomic E-state index is 12.5. The van der Waals surface area contributed by atoms with Gasteiger partial charge in [0.05, 0.1) is 5.56 Å². The average Bonchev–Trinajstić information content (AvgIpc) is 2.08. The van der Waals surface area contributed by atoms with Crippen molar-refractivity contribution >= 4 is 23.0 Å². The molecule has 0 aliphatic carbocycles. The van der Waals surface area contributed by atoms with E-state index in [4.69, 9.17) is 0 Å². The molecule has 0 radical (unpaired) electrons. The van der Waals surface area contributed by atoms with Crippen LogP contribution < -0.4 is 0 Å². The number of halogens is 1. The van der Waals surface area contributed by atoms with Crippen molar-refractivity contribution < 1.29 is 13.5 Å². The molecule has 0 N–H and O–H groups in total. The summed E-state index contributed by atoms with van der Waals surface area (Å²) in [5, 5.41) is 0. The summed E-state index contributed by atoms with van der Waals surface area (Å²) in [5.41, 5.74) is 2.25. The van der Waals surface area contributed by atoms with Crippen molar-refractivity contribution in [1.29, 1.82) is 0 Å². The van der Waals surface area contributed by atoms with Gasteiger partial charge in [0.1, 0.15) is 0 Å². The minimum atomic E-state index is -2.22. The summed E-state index contributed by atoms with van der Waals surface area (Å²) in [5.74, 6) is -0.602. The third kappa shape index (κ3) is 2.73. The van der Waals surface area contributed by atoms with Crippen LogP contribution in [-0.4, -0.2) is 5.97 Å². The van der Waals surface area contributed by atoms with Crippen LogP contribution in [0.3, 0.4) is 0 Å². The number of hydrogen-bond acceptors (Lipinski definition) is 2. The summed E-state index contributed by atoms with van der Waals surface area (Å²) in [7, 11) is -0.382. The minimum absolute atomic E-state index is 0.428. The third-order valence-corrected chi connectivity index (χ3v) is 2.65. The van der Waals surface area contributed by atoms with Gasteiger partial charge in [-0.1, -0.05) is 12.1 Å². The van der Waals surface area contributed by atoms with Crippen LogP contribution in [0, 0.1) is 13.8 Å². The Hall–Kier alpha value is -0.520. The van der Waals surface area contributed by atoms with Crippen molar-refractivity contribution in [2.45, 2.75) is 13.8 Å². The second-order valence-corrected chi connectivity index (χ2v) is 4.84. The lowest BCUT2D eigenvalue weighted by Gasteiger charge is -2.08. The van der Waals surface area contributed by atoms with Crippen molar-refractivity contribution in [2.75, 3.05) is 0 Å². The van der Waals surface area contributed by atoms with Crippen LogP contribution in [0.4, 0.5) is 4.20 Å². The van der Waals surface area contributed by atoms with E-state index < -0.39 is 14.1 Å². The standard InChI is InChI=1S/C9H11FO2P2/c1-6-4-3-5-8(7(6)2)9(11)12-14(10)13/h3-5H,13H2,1-2H3. The molecule has 0 saturated heterocycles. The van der Waals surface area contributed by atoms with Gasteiger partial charge < -0.3 is 4.52 Å². The van der Waals surface area contributed by atoms with Crippen LogP contribution in [0.1, 0.15) is 21.5 Å². The number of hydrogen-bond donors (Lipinski definition) is 0. The fraction of sp³-hybridized carbons (Fsp3) is 0.222. The van der Waals surface area contributed by atoms with Gasteiger partial charge >= 0.3 is 5.97 Å². The Morgan fingerprint density at radius 1 is 1.50 bits per heavy atom. The van der Waals surface area contributed by atoms with Crippen LogP contribution in [0.5, 0.6) is 0 Å². The maximum Gasteiger partial charge on any atom is 0.343 e. The van der Waals surface area contributed by atoms with Gasteiger partial charge in [-0.2, -0.15) is 4.20 Å². The highest BCUT2D eigenvalue weighted by molar-refractivity contribution is 8.08. The Balaban J connectivity index is 2.96. The lowest BCUT2D eigenvalue weighted by Crippen LogP contribution is -2.03. The van der Waals surface area contributed by atoms with E-state index in [-0.39, 0.29) is 0 Å². The lowest BCUT2D eigenvalue weighted by atomic mass is 10.0. The molecule has 5 heteroatoms.